The van der Waals surface area contributed by atoms with E-state index in [4.69, 9.17) is 0 Å². The average Bonchev–Trinajstić information content (AvgIpc) is 2.32. The summed E-state index contributed by atoms with van der Waals surface area (Å²) in [6.07, 6.45) is 7.01. The summed E-state index contributed by atoms with van der Waals surface area (Å²) in [5.74, 6) is -0.0680. The van der Waals surface area contributed by atoms with E-state index in [1.165, 1.54) is 16.7 Å². The molecule has 0 fully saturated rings. The zero-order chi connectivity index (χ0) is 13.5. The number of benzene rings is 1. The van der Waals surface area contributed by atoms with Crippen LogP contribution in [0.1, 0.15) is 36.6 Å². The molecule has 1 atom stereocenters. The van der Waals surface area contributed by atoms with E-state index in [2.05, 4.69) is 37.4 Å². The van der Waals surface area contributed by atoms with Gasteiger partial charge in [-0.25, -0.2) is 0 Å². The fraction of sp³-hybridized carbons (Fsp3) is 0.312. The highest BCUT2D eigenvalue weighted by Gasteiger charge is 2.09. The minimum absolute atomic E-state index is 0.0210. The van der Waals surface area contributed by atoms with Crippen LogP contribution in [0.5, 0.6) is 0 Å². The highest BCUT2D eigenvalue weighted by molar-refractivity contribution is 5.88. The molecule has 0 saturated carbocycles. The Hall–Kier alpha value is -1.83. The molecule has 1 rings (SSSR count). The second-order valence-corrected chi connectivity index (χ2v) is 4.48. The van der Waals surface area contributed by atoms with Crippen molar-refractivity contribution in [2.24, 2.45) is 0 Å². The average molecular weight is 243 g/mol. The first kappa shape index (κ1) is 14.2. The molecule has 1 unspecified atom stereocenters. The van der Waals surface area contributed by atoms with E-state index >= 15 is 0 Å². The third-order valence-corrected chi connectivity index (χ3v) is 2.81. The topological polar surface area (TPSA) is 29.1 Å². The van der Waals surface area contributed by atoms with Gasteiger partial charge < -0.3 is 5.32 Å². The minimum Gasteiger partial charge on any atom is -0.346 e. The van der Waals surface area contributed by atoms with Gasteiger partial charge in [-0.2, -0.15) is 0 Å². The third kappa shape index (κ3) is 4.21. The highest BCUT2D eigenvalue weighted by Crippen LogP contribution is 2.18. The molecule has 1 aromatic carbocycles. The summed E-state index contributed by atoms with van der Waals surface area (Å²) in [5, 5.41) is 2.96. The van der Waals surface area contributed by atoms with Gasteiger partial charge in [0.2, 0.25) is 5.91 Å². The first-order valence-corrected chi connectivity index (χ1v) is 6.21. The molecule has 1 N–H and O–H groups in total. The van der Waals surface area contributed by atoms with Crippen LogP contribution in [0.25, 0.3) is 0 Å². The van der Waals surface area contributed by atoms with Crippen molar-refractivity contribution in [3.8, 4) is 0 Å². The molecule has 0 aliphatic carbocycles. The Morgan fingerprint density at radius 1 is 1.28 bits per heavy atom. The van der Waals surface area contributed by atoms with Crippen LogP contribution >= 0.6 is 0 Å². The monoisotopic (exact) mass is 243 g/mol. The maximum Gasteiger partial charge on any atom is 0.244 e. The van der Waals surface area contributed by atoms with Gasteiger partial charge in [0.25, 0.3) is 0 Å². The Morgan fingerprint density at radius 2 is 2.00 bits per heavy atom. The van der Waals surface area contributed by atoms with Crippen LogP contribution in [0.4, 0.5) is 0 Å². The molecule has 0 aliphatic heterocycles. The van der Waals surface area contributed by atoms with E-state index in [-0.39, 0.29) is 11.9 Å². The van der Waals surface area contributed by atoms with E-state index in [9.17, 15) is 4.79 Å². The summed E-state index contributed by atoms with van der Waals surface area (Å²) in [6.45, 7) is 8.04. The molecule has 0 aliphatic rings. The van der Waals surface area contributed by atoms with Crippen molar-refractivity contribution in [2.45, 2.75) is 33.7 Å². The lowest BCUT2D eigenvalue weighted by Gasteiger charge is -2.16. The van der Waals surface area contributed by atoms with Crippen LogP contribution < -0.4 is 5.32 Å². The van der Waals surface area contributed by atoms with Crippen molar-refractivity contribution in [3.63, 3.8) is 0 Å². The summed E-state index contributed by atoms with van der Waals surface area (Å²) < 4.78 is 0. The number of carbonyl (C=O) groups excluding carboxylic acids is 1. The minimum atomic E-state index is -0.0680. The van der Waals surface area contributed by atoms with Crippen LogP contribution in [-0.2, 0) is 4.79 Å². The Kier molecular flexibility index (Phi) is 5.37. The summed E-state index contributed by atoms with van der Waals surface area (Å²) >= 11 is 0. The molecule has 18 heavy (non-hydrogen) atoms. The number of carbonyl (C=O) groups is 1. The van der Waals surface area contributed by atoms with Gasteiger partial charge in [0.05, 0.1) is 6.04 Å². The fourth-order valence-electron chi connectivity index (χ4n) is 1.82. The lowest BCUT2D eigenvalue weighted by Crippen LogP contribution is -2.25. The predicted molar refractivity (Wildman–Crippen MR) is 76.4 cm³/mol. The number of aryl methyl sites for hydroxylation is 2. The number of rotatable bonds is 4. The highest BCUT2D eigenvalue weighted by atomic mass is 16.1. The Labute approximate surface area is 109 Å². The fourth-order valence-corrected chi connectivity index (χ4v) is 1.82. The van der Waals surface area contributed by atoms with Crippen LogP contribution in [0, 0.1) is 13.8 Å². The largest absolute Gasteiger partial charge is 0.346 e. The van der Waals surface area contributed by atoms with Gasteiger partial charge in [0, 0.05) is 6.08 Å². The molecule has 0 bridgehead atoms. The van der Waals surface area contributed by atoms with Gasteiger partial charge in [-0.3, -0.25) is 4.79 Å². The lowest BCUT2D eigenvalue weighted by molar-refractivity contribution is -0.117. The van der Waals surface area contributed by atoms with E-state index < -0.39 is 0 Å². The predicted octanol–water partition coefficient (Wildman–Crippen LogP) is 3.61. The standard InChI is InChI=1S/C16H21NO/c1-5-6-7-8-16(18)17-14(4)15-11-12(2)9-10-13(15)3/h5-11,14H,1-4H3,(H,17,18). The van der Waals surface area contributed by atoms with Crippen molar-refractivity contribution in [3.05, 3.63) is 59.2 Å². The van der Waals surface area contributed by atoms with E-state index in [1.807, 2.05) is 26.0 Å². The Balaban J connectivity index is 2.73. The molecule has 2 nitrogen and oxygen atoms in total. The number of hydrogen-bond donors (Lipinski definition) is 1. The second kappa shape index (κ2) is 6.80. The molecule has 0 saturated heterocycles. The van der Waals surface area contributed by atoms with Crippen LogP contribution in [0.15, 0.2) is 42.5 Å². The summed E-state index contributed by atoms with van der Waals surface area (Å²) in [5.41, 5.74) is 3.58. The molecule has 1 amide bonds. The molecule has 0 heterocycles. The van der Waals surface area contributed by atoms with Crippen LogP contribution in [-0.4, -0.2) is 5.91 Å². The number of amides is 1. The van der Waals surface area contributed by atoms with Gasteiger partial charge >= 0.3 is 0 Å². The lowest BCUT2D eigenvalue weighted by atomic mass is 10.00. The molecular formula is C16H21NO. The quantitative estimate of drug-likeness (QED) is 0.635. The maximum absolute atomic E-state index is 11.7. The smallest absolute Gasteiger partial charge is 0.244 e. The van der Waals surface area contributed by atoms with Crippen molar-refractivity contribution in [1.82, 2.24) is 5.32 Å². The van der Waals surface area contributed by atoms with Gasteiger partial charge in [-0.15, -0.1) is 0 Å². The van der Waals surface area contributed by atoms with Crippen LogP contribution in [0.3, 0.4) is 0 Å². The van der Waals surface area contributed by atoms with Crippen LogP contribution in [0.2, 0.25) is 0 Å². The molecule has 0 spiro atoms. The van der Waals surface area contributed by atoms with Crippen molar-refractivity contribution in [2.75, 3.05) is 0 Å². The van der Waals surface area contributed by atoms with Crippen molar-refractivity contribution < 1.29 is 4.79 Å². The molecule has 0 radical (unpaired) electrons. The van der Waals surface area contributed by atoms with Gasteiger partial charge in [-0.1, -0.05) is 42.0 Å². The normalized spacial score (nSPS) is 13.1. The Morgan fingerprint density at radius 3 is 2.67 bits per heavy atom. The molecule has 0 aromatic heterocycles. The summed E-state index contributed by atoms with van der Waals surface area (Å²) in [7, 11) is 0. The molecular weight excluding hydrogens is 222 g/mol. The number of nitrogens with one attached hydrogen (secondary N) is 1. The van der Waals surface area contributed by atoms with Gasteiger partial charge in [0.15, 0.2) is 0 Å². The molecule has 2 heteroatoms. The third-order valence-electron chi connectivity index (χ3n) is 2.81. The first-order valence-electron chi connectivity index (χ1n) is 6.21. The maximum atomic E-state index is 11.7. The summed E-state index contributed by atoms with van der Waals surface area (Å²) in [6, 6.07) is 6.31. The van der Waals surface area contributed by atoms with Gasteiger partial charge in [-0.05, 0) is 38.8 Å². The molecule has 96 valence electrons. The zero-order valence-corrected chi connectivity index (χ0v) is 11.5. The summed E-state index contributed by atoms with van der Waals surface area (Å²) in [4.78, 5) is 11.7. The van der Waals surface area contributed by atoms with E-state index in [0.29, 0.717) is 0 Å². The van der Waals surface area contributed by atoms with Crippen molar-refractivity contribution in [1.29, 1.82) is 0 Å². The van der Waals surface area contributed by atoms with E-state index in [0.717, 1.165) is 0 Å². The number of hydrogen-bond acceptors (Lipinski definition) is 1. The van der Waals surface area contributed by atoms with Crippen molar-refractivity contribution >= 4 is 5.91 Å². The molecule has 1 aromatic rings. The zero-order valence-electron chi connectivity index (χ0n) is 11.5. The first-order chi connectivity index (χ1) is 8.54. The second-order valence-electron chi connectivity index (χ2n) is 4.48. The van der Waals surface area contributed by atoms with Gasteiger partial charge in [0.1, 0.15) is 0 Å². The SMILES string of the molecule is CC=CC=CC(=O)NC(C)c1cc(C)ccc1C. The Bertz CT molecular complexity index is 472. The number of allylic oxidation sites excluding steroid dienone is 3. The van der Waals surface area contributed by atoms with E-state index in [1.54, 1.807) is 12.2 Å².